The molecule has 7 heteroatoms. The van der Waals surface area contributed by atoms with Crippen molar-refractivity contribution in [3.8, 4) is 0 Å². The van der Waals surface area contributed by atoms with E-state index in [1.807, 2.05) is 11.8 Å². The molecule has 0 saturated carbocycles. The number of nitrogens with one attached hydrogen (secondary N) is 2. The number of rotatable bonds is 7. The number of pyridine rings is 1. The molecule has 2 heterocycles. The van der Waals surface area contributed by atoms with Gasteiger partial charge in [-0.2, -0.15) is 0 Å². The van der Waals surface area contributed by atoms with E-state index in [2.05, 4.69) is 24.3 Å². The predicted molar refractivity (Wildman–Crippen MR) is 110 cm³/mol. The first-order chi connectivity index (χ1) is 13.4. The average Bonchev–Trinajstić information content (AvgIpc) is 2.65. The van der Waals surface area contributed by atoms with Crippen LogP contribution in [0, 0.1) is 13.8 Å². The highest BCUT2D eigenvalue weighted by Crippen LogP contribution is 2.20. The summed E-state index contributed by atoms with van der Waals surface area (Å²) in [5, 5.41) is 3.00. The maximum Gasteiger partial charge on any atom is 0.340 e. The predicted octanol–water partition coefficient (Wildman–Crippen LogP) is 2.19. The van der Waals surface area contributed by atoms with Crippen molar-refractivity contribution >= 4 is 17.7 Å². The van der Waals surface area contributed by atoms with Crippen molar-refractivity contribution in [2.24, 2.45) is 0 Å². The number of likely N-dealkylation sites (tertiary alicyclic amines) is 1. The molecule has 0 radical (unpaired) electrons. The van der Waals surface area contributed by atoms with Crippen LogP contribution in [0.5, 0.6) is 0 Å². The van der Waals surface area contributed by atoms with E-state index in [0.717, 1.165) is 45.3 Å². The van der Waals surface area contributed by atoms with Crippen molar-refractivity contribution in [3.05, 3.63) is 23.0 Å². The van der Waals surface area contributed by atoms with Gasteiger partial charge < -0.3 is 19.9 Å². The van der Waals surface area contributed by atoms with Crippen molar-refractivity contribution in [3.63, 3.8) is 0 Å². The number of urea groups is 1. The third kappa shape index (κ3) is 5.67. The summed E-state index contributed by atoms with van der Waals surface area (Å²) in [6, 6.07) is 1.84. The molecule has 1 aliphatic heterocycles. The van der Waals surface area contributed by atoms with Crippen LogP contribution in [-0.2, 0) is 4.74 Å². The van der Waals surface area contributed by atoms with Gasteiger partial charge >= 0.3 is 12.0 Å². The fraction of sp³-hybridized carbons (Fsp3) is 0.667. The lowest BCUT2D eigenvalue weighted by molar-refractivity contribution is -0.885. The number of ether oxygens (including phenoxy) is 1. The lowest BCUT2D eigenvalue weighted by Crippen LogP contribution is -3.10. The van der Waals surface area contributed by atoms with Crippen molar-refractivity contribution in [2.75, 3.05) is 38.6 Å². The van der Waals surface area contributed by atoms with Crippen LogP contribution < -0.4 is 10.2 Å². The summed E-state index contributed by atoms with van der Waals surface area (Å²) < 4.78 is 5.11. The van der Waals surface area contributed by atoms with Gasteiger partial charge in [0.1, 0.15) is 0 Å². The second-order valence-corrected chi connectivity index (χ2v) is 7.64. The van der Waals surface area contributed by atoms with Crippen molar-refractivity contribution in [1.29, 1.82) is 0 Å². The van der Waals surface area contributed by atoms with Crippen molar-refractivity contribution in [2.45, 2.75) is 59.4 Å². The van der Waals surface area contributed by atoms with Crippen LogP contribution in [0.1, 0.15) is 61.3 Å². The Bertz CT molecular complexity index is 684. The lowest BCUT2D eigenvalue weighted by Gasteiger charge is -2.36. The Morgan fingerprint density at radius 1 is 1.25 bits per heavy atom. The Hall–Kier alpha value is -2.15. The minimum atomic E-state index is -0.413. The van der Waals surface area contributed by atoms with Gasteiger partial charge in [0.15, 0.2) is 0 Å². The van der Waals surface area contributed by atoms with Crippen LogP contribution in [0.3, 0.4) is 0 Å². The minimum Gasteiger partial charge on any atom is -0.462 e. The number of hydrogen-bond acceptors (Lipinski definition) is 4. The summed E-state index contributed by atoms with van der Waals surface area (Å²) in [4.78, 5) is 33.2. The van der Waals surface area contributed by atoms with E-state index >= 15 is 0 Å². The van der Waals surface area contributed by atoms with E-state index in [-0.39, 0.29) is 12.1 Å². The molecular formula is C21H35N4O3+. The van der Waals surface area contributed by atoms with Gasteiger partial charge in [-0.3, -0.25) is 4.98 Å². The van der Waals surface area contributed by atoms with Crippen molar-refractivity contribution in [1.82, 2.24) is 9.88 Å². The van der Waals surface area contributed by atoms with Gasteiger partial charge in [0.05, 0.1) is 49.4 Å². The number of unbranched alkanes of at least 4 members (excludes halogenated alkanes) is 1. The normalized spacial score (nSPS) is 19.2. The first kappa shape index (κ1) is 22.1. The molecular weight excluding hydrogens is 356 g/mol. The van der Waals surface area contributed by atoms with E-state index in [9.17, 15) is 9.59 Å². The molecule has 2 N–H and O–H groups in total. The quantitative estimate of drug-likeness (QED) is 0.699. The van der Waals surface area contributed by atoms with Crippen LogP contribution >= 0.6 is 0 Å². The van der Waals surface area contributed by atoms with Gasteiger partial charge in [-0.1, -0.05) is 13.3 Å². The van der Waals surface area contributed by atoms with Crippen LogP contribution in [0.4, 0.5) is 10.5 Å². The summed E-state index contributed by atoms with van der Waals surface area (Å²) in [5.74, 6) is -0.413. The number of aromatic nitrogens is 1. The topological polar surface area (TPSA) is 76.0 Å². The summed E-state index contributed by atoms with van der Waals surface area (Å²) in [5.41, 5.74) is 2.27. The molecule has 0 atom stereocenters. The Balaban J connectivity index is 2.19. The SMILES string of the molecule is CCCCN(C(=O)Nc1cc(C(=O)OCC)c(C)nc1C)C1CC[NH+](C)CC1. The number of carbonyl (C=O) groups excluding carboxylic acids is 2. The van der Waals surface area contributed by atoms with Crippen LogP contribution in [0.2, 0.25) is 0 Å². The maximum atomic E-state index is 13.1. The second kappa shape index (κ2) is 10.4. The molecule has 1 aliphatic rings. The number of piperidine rings is 1. The highest BCUT2D eigenvalue weighted by Gasteiger charge is 2.29. The largest absolute Gasteiger partial charge is 0.462 e. The molecule has 0 aliphatic carbocycles. The number of amides is 2. The molecule has 1 aromatic heterocycles. The molecule has 1 fully saturated rings. The summed E-state index contributed by atoms with van der Waals surface area (Å²) >= 11 is 0. The number of hydrogen-bond donors (Lipinski definition) is 2. The van der Waals surface area contributed by atoms with Gasteiger partial charge in [0.2, 0.25) is 0 Å². The third-order valence-corrected chi connectivity index (χ3v) is 5.40. The Morgan fingerprint density at radius 3 is 2.54 bits per heavy atom. The van der Waals surface area contributed by atoms with Crippen LogP contribution in [-0.4, -0.2) is 61.2 Å². The number of nitrogens with zero attached hydrogens (tertiary/aromatic N) is 2. The average molecular weight is 392 g/mol. The Kier molecular flexibility index (Phi) is 8.23. The first-order valence-electron chi connectivity index (χ1n) is 10.4. The molecule has 156 valence electrons. The molecule has 7 nitrogen and oxygen atoms in total. The third-order valence-electron chi connectivity index (χ3n) is 5.40. The second-order valence-electron chi connectivity index (χ2n) is 7.64. The summed E-state index contributed by atoms with van der Waals surface area (Å²) in [6.07, 6.45) is 4.05. The van der Waals surface area contributed by atoms with Crippen LogP contribution in [0.15, 0.2) is 6.07 Å². The number of aryl methyl sites for hydroxylation is 2. The molecule has 0 spiro atoms. The smallest absolute Gasteiger partial charge is 0.340 e. The molecule has 1 aromatic rings. The molecule has 28 heavy (non-hydrogen) atoms. The summed E-state index contributed by atoms with van der Waals surface area (Å²) in [6.45, 7) is 10.7. The number of carbonyl (C=O) groups is 2. The van der Waals surface area contributed by atoms with Gasteiger partial charge in [-0.05, 0) is 33.3 Å². The Morgan fingerprint density at radius 2 is 1.93 bits per heavy atom. The highest BCUT2D eigenvalue weighted by atomic mass is 16.5. The molecule has 0 aromatic carbocycles. The fourth-order valence-corrected chi connectivity index (χ4v) is 3.64. The van der Waals surface area contributed by atoms with Gasteiger partial charge in [0, 0.05) is 25.4 Å². The molecule has 1 saturated heterocycles. The Labute approximate surface area is 168 Å². The number of anilines is 1. The zero-order valence-corrected chi connectivity index (χ0v) is 17.9. The monoisotopic (exact) mass is 391 g/mol. The van der Waals surface area contributed by atoms with Gasteiger partial charge in [-0.25, -0.2) is 9.59 Å². The van der Waals surface area contributed by atoms with E-state index in [4.69, 9.17) is 4.74 Å². The zero-order valence-electron chi connectivity index (χ0n) is 17.9. The maximum absolute atomic E-state index is 13.1. The minimum absolute atomic E-state index is 0.110. The number of quaternary nitrogens is 1. The van der Waals surface area contributed by atoms with Crippen molar-refractivity contribution < 1.29 is 19.2 Å². The van der Waals surface area contributed by atoms with Crippen LogP contribution in [0.25, 0.3) is 0 Å². The van der Waals surface area contributed by atoms with E-state index < -0.39 is 5.97 Å². The van der Waals surface area contributed by atoms with E-state index in [1.54, 1.807) is 19.9 Å². The standard InChI is InChI=1S/C21H34N4O3/c1-6-8-11-25(17-9-12-24(5)13-10-17)21(27)23-19-14-18(20(26)28-7-2)15(3)22-16(19)4/h14,17H,6-13H2,1-5H3,(H,23,27)/p+1. The molecule has 0 bridgehead atoms. The highest BCUT2D eigenvalue weighted by molar-refractivity contribution is 5.95. The summed E-state index contributed by atoms with van der Waals surface area (Å²) in [7, 11) is 2.20. The molecule has 0 unspecified atom stereocenters. The van der Waals surface area contributed by atoms with E-state index in [1.165, 1.54) is 4.90 Å². The van der Waals surface area contributed by atoms with E-state index in [0.29, 0.717) is 29.2 Å². The first-order valence-corrected chi connectivity index (χ1v) is 10.4. The van der Waals surface area contributed by atoms with Gasteiger partial charge in [0.25, 0.3) is 0 Å². The van der Waals surface area contributed by atoms with Gasteiger partial charge in [-0.15, -0.1) is 0 Å². The molecule has 2 amide bonds. The fourth-order valence-electron chi connectivity index (χ4n) is 3.64. The molecule has 2 rings (SSSR count). The number of esters is 1. The lowest BCUT2D eigenvalue weighted by atomic mass is 10.0. The zero-order chi connectivity index (χ0) is 20.7.